The van der Waals surface area contributed by atoms with Gasteiger partial charge in [-0.1, -0.05) is 0 Å². The van der Waals surface area contributed by atoms with Gasteiger partial charge in [0.05, 0.1) is 11.6 Å². The number of aryl methyl sites for hydroxylation is 2. The highest BCUT2D eigenvalue weighted by Crippen LogP contribution is 2.33. The Kier molecular flexibility index (Phi) is 3.92. The van der Waals surface area contributed by atoms with Crippen LogP contribution in [0.25, 0.3) is 0 Å². The molecule has 0 bridgehead atoms. The van der Waals surface area contributed by atoms with Gasteiger partial charge in [-0.3, -0.25) is 5.32 Å². The Morgan fingerprint density at radius 3 is 2.70 bits per heavy atom. The minimum atomic E-state index is -4.27. The van der Waals surface area contributed by atoms with E-state index in [9.17, 15) is 18.0 Å². The lowest BCUT2D eigenvalue weighted by atomic mass is 9.98. The number of nitrogens with one attached hydrogen (secondary N) is 1. The van der Waals surface area contributed by atoms with Gasteiger partial charge in [0, 0.05) is 13.1 Å². The van der Waals surface area contributed by atoms with Crippen LogP contribution in [0.5, 0.6) is 0 Å². The summed E-state index contributed by atoms with van der Waals surface area (Å²) in [5.74, 6) is -0.901. The molecule has 0 radical (unpaired) electrons. The quantitative estimate of drug-likeness (QED) is 0.865. The van der Waals surface area contributed by atoms with E-state index in [1.807, 2.05) is 0 Å². The highest BCUT2D eigenvalue weighted by atomic mass is 19.4. The molecule has 0 saturated carbocycles. The zero-order chi connectivity index (χ0) is 14.9. The summed E-state index contributed by atoms with van der Waals surface area (Å²) in [6, 6.07) is -0.598. The van der Waals surface area contributed by atoms with E-state index in [-0.39, 0.29) is 19.0 Å². The van der Waals surface area contributed by atoms with E-state index in [1.165, 1.54) is 0 Å². The zero-order valence-corrected chi connectivity index (χ0v) is 11.3. The van der Waals surface area contributed by atoms with Crippen LogP contribution in [0, 0.1) is 19.8 Å². The molecular formula is C12H16F3N3O2. The van der Waals surface area contributed by atoms with Gasteiger partial charge in [-0.2, -0.15) is 18.2 Å². The second-order valence-electron chi connectivity index (χ2n) is 4.92. The first-order chi connectivity index (χ1) is 9.27. The Morgan fingerprint density at radius 1 is 1.45 bits per heavy atom. The number of nitrogens with zero attached hydrogens (tertiary/aromatic N) is 2. The lowest BCUT2D eigenvalue weighted by Crippen LogP contribution is -2.46. The third-order valence-electron chi connectivity index (χ3n) is 3.41. The van der Waals surface area contributed by atoms with Crippen molar-refractivity contribution in [3.63, 3.8) is 0 Å². The fourth-order valence-electron chi connectivity index (χ4n) is 2.13. The van der Waals surface area contributed by atoms with Crippen molar-refractivity contribution in [1.29, 1.82) is 0 Å². The maximum absolute atomic E-state index is 12.7. The lowest BCUT2D eigenvalue weighted by molar-refractivity contribution is -0.183. The van der Waals surface area contributed by atoms with E-state index in [0.29, 0.717) is 24.4 Å². The molecule has 8 heteroatoms. The van der Waals surface area contributed by atoms with Crippen molar-refractivity contribution in [3.8, 4) is 0 Å². The molecule has 1 aromatic rings. The number of hydrogen-bond donors (Lipinski definition) is 1. The number of anilines is 1. The van der Waals surface area contributed by atoms with Crippen molar-refractivity contribution < 1.29 is 22.4 Å². The molecule has 1 saturated heterocycles. The molecule has 1 aromatic heterocycles. The number of likely N-dealkylation sites (tertiary alicyclic amines) is 1. The average Bonchev–Trinajstić information content (AvgIpc) is 2.67. The molecule has 2 heterocycles. The van der Waals surface area contributed by atoms with Crippen LogP contribution < -0.4 is 5.32 Å². The number of carbonyl (C=O) groups is 1. The van der Waals surface area contributed by atoms with Gasteiger partial charge < -0.3 is 9.32 Å². The fourth-order valence-corrected chi connectivity index (χ4v) is 2.13. The van der Waals surface area contributed by atoms with Gasteiger partial charge in [-0.05, 0) is 26.7 Å². The van der Waals surface area contributed by atoms with Crippen molar-refractivity contribution in [1.82, 2.24) is 9.88 Å². The van der Waals surface area contributed by atoms with Crippen LogP contribution in [0.4, 0.5) is 24.0 Å². The summed E-state index contributed by atoms with van der Waals surface area (Å²) in [5.41, 5.74) is 0.632. The number of rotatable bonds is 1. The van der Waals surface area contributed by atoms with E-state index in [2.05, 4.69) is 10.3 Å². The van der Waals surface area contributed by atoms with Crippen LogP contribution in [0.1, 0.15) is 24.3 Å². The molecule has 1 aliphatic heterocycles. The standard InChI is InChI=1S/C12H16F3N3O2/c1-7-8(2)20-10(16-7)17-11(19)18-5-3-4-9(6-18)12(13,14)15/h9H,3-6H2,1-2H3,(H,16,17,19). The summed E-state index contributed by atoms with van der Waals surface area (Å²) < 4.78 is 43.2. The highest BCUT2D eigenvalue weighted by Gasteiger charge is 2.42. The Morgan fingerprint density at radius 2 is 2.15 bits per heavy atom. The van der Waals surface area contributed by atoms with Gasteiger partial charge in [-0.15, -0.1) is 0 Å². The molecule has 0 aliphatic carbocycles. The van der Waals surface area contributed by atoms with Crippen molar-refractivity contribution >= 4 is 12.0 Å². The van der Waals surface area contributed by atoms with E-state index in [4.69, 9.17) is 4.42 Å². The summed E-state index contributed by atoms with van der Waals surface area (Å²) in [5, 5.41) is 2.39. The van der Waals surface area contributed by atoms with Crippen LogP contribution in [0.15, 0.2) is 4.42 Å². The van der Waals surface area contributed by atoms with Crippen LogP contribution in [-0.2, 0) is 0 Å². The van der Waals surface area contributed by atoms with Gasteiger partial charge in [0.25, 0.3) is 0 Å². The number of urea groups is 1. The molecule has 112 valence electrons. The molecule has 0 spiro atoms. The second-order valence-corrected chi connectivity index (χ2v) is 4.92. The van der Waals surface area contributed by atoms with Gasteiger partial charge in [0.1, 0.15) is 5.76 Å². The number of alkyl halides is 3. The Hall–Kier alpha value is -1.73. The molecule has 20 heavy (non-hydrogen) atoms. The molecule has 1 unspecified atom stereocenters. The predicted molar refractivity (Wildman–Crippen MR) is 65.3 cm³/mol. The lowest BCUT2D eigenvalue weighted by Gasteiger charge is -2.33. The van der Waals surface area contributed by atoms with Crippen LogP contribution in [-0.4, -0.2) is 35.2 Å². The first-order valence-electron chi connectivity index (χ1n) is 6.34. The monoisotopic (exact) mass is 291 g/mol. The van der Waals surface area contributed by atoms with E-state index in [0.717, 1.165) is 4.90 Å². The number of aromatic nitrogens is 1. The summed E-state index contributed by atoms with van der Waals surface area (Å²) in [4.78, 5) is 17.0. The van der Waals surface area contributed by atoms with Gasteiger partial charge in [-0.25, -0.2) is 4.79 Å². The number of carbonyl (C=O) groups excluding carboxylic acids is 1. The zero-order valence-electron chi connectivity index (χ0n) is 11.3. The summed E-state index contributed by atoms with van der Waals surface area (Å²) in [7, 11) is 0. The van der Waals surface area contributed by atoms with Crippen LogP contribution in [0.3, 0.4) is 0 Å². The molecule has 2 rings (SSSR count). The molecular weight excluding hydrogens is 275 g/mol. The van der Waals surface area contributed by atoms with Crippen molar-refractivity contribution in [2.24, 2.45) is 5.92 Å². The number of oxazole rings is 1. The van der Waals surface area contributed by atoms with Crippen molar-refractivity contribution in [3.05, 3.63) is 11.5 Å². The van der Waals surface area contributed by atoms with Gasteiger partial charge in [0.15, 0.2) is 0 Å². The van der Waals surface area contributed by atoms with E-state index in [1.54, 1.807) is 13.8 Å². The summed E-state index contributed by atoms with van der Waals surface area (Å²) in [6.45, 7) is 3.39. The first kappa shape index (κ1) is 14.7. The first-order valence-corrected chi connectivity index (χ1v) is 6.34. The smallest absolute Gasteiger partial charge is 0.393 e. The van der Waals surface area contributed by atoms with Crippen molar-refractivity contribution in [2.45, 2.75) is 32.9 Å². The molecule has 0 aromatic carbocycles. The highest BCUT2D eigenvalue weighted by molar-refractivity contribution is 5.87. The van der Waals surface area contributed by atoms with Gasteiger partial charge >= 0.3 is 18.2 Å². The molecule has 1 aliphatic rings. The Bertz CT molecular complexity index is 479. The topological polar surface area (TPSA) is 58.4 Å². The summed E-state index contributed by atoms with van der Waals surface area (Å²) in [6.07, 6.45) is -3.87. The number of hydrogen-bond acceptors (Lipinski definition) is 3. The molecule has 1 fully saturated rings. The number of amides is 2. The Labute approximate surface area is 114 Å². The van der Waals surface area contributed by atoms with Gasteiger partial charge in [0.2, 0.25) is 0 Å². The minimum Gasteiger partial charge on any atom is -0.428 e. The van der Waals surface area contributed by atoms with Crippen molar-refractivity contribution in [2.75, 3.05) is 18.4 Å². The van der Waals surface area contributed by atoms with Crippen LogP contribution in [0.2, 0.25) is 0 Å². The minimum absolute atomic E-state index is 0.0131. The number of halogens is 3. The largest absolute Gasteiger partial charge is 0.428 e. The number of piperidine rings is 1. The van der Waals surface area contributed by atoms with Crippen LogP contribution >= 0.6 is 0 Å². The fraction of sp³-hybridized carbons (Fsp3) is 0.667. The average molecular weight is 291 g/mol. The molecule has 1 atom stereocenters. The van der Waals surface area contributed by atoms with E-state index >= 15 is 0 Å². The van der Waals surface area contributed by atoms with E-state index < -0.39 is 18.1 Å². The maximum atomic E-state index is 12.7. The Balaban J connectivity index is 1.98. The normalized spacial score (nSPS) is 20.1. The summed E-state index contributed by atoms with van der Waals surface area (Å²) >= 11 is 0. The third kappa shape index (κ3) is 3.23. The second kappa shape index (κ2) is 5.34. The predicted octanol–water partition coefficient (Wildman–Crippen LogP) is 3.10. The maximum Gasteiger partial charge on any atom is 0.393 e. The SMILES string of the molecule is Cc1nc(NC(=O)N2CCCC(C(F)(F)F)C2)oc1C. The molecule has 5 nitrogen and oxygen atoms in total. The molecule has 1 N–H and O–H groups in total. The third-order valence-corrected chi connectivity index (χ3v) is 3.41. The molecule has 2 amide bonds.